The van der Waals surface area contributed by atoms with Crippen LogP contribution in [0.15, 0.2) is 0 Å². The van der Waals surface area contributed by atoms with E-state index in [-0.39, 0.29) is 25.7 Å². The molecule has 0 aliphatic carbocycles. The first-order chi connectivity index (χ1) is 12.9. The van der Waals surface area contributed by atoms with Gasteiger partial charge in [0.15, 0.2) is 0 Å². The number of alkyl carbamates (subject to hydrolysis) is 1. The van der Waals surface area contributed by atoms with Crippen molar-refractivity contribution in [2.24, 2.45) is 5.73 Å². The van der Waals surface area contributed by atoms with Crippen LogP contribution in [0.1, 0.15) is 25.7 Å². The quantitative estimate of drug-likeness (QED) is 0.213. The van der Waals surface area contributed by atoms with E-state index < -0.39 is 46.8 Å². The van der Waals surface area contributed by atoms with Crippen molar-refractivity contribution in [3.8, 4) is 0 Å². The summed E-state index contributed by atoms with van der Waals surface area (Å²) in [7, 11) is 2.50. The number of carboxylic acids is 1. The number of hydrogen-bond acceptors (Lipinski definition) is 10. The van der Waals surface area contributed by atoms with Crippen LogP contribution in [-0.4, -0.2) is 66.1 Å². The maximum Gasteiger partial charge on any atom is 0.415 e. The molecule has 0 unspecified atom stereocenters. The van der Waals surface area contributed by atoms with Crippen molar-refractivity contribution in [3.63, 3.8) is 0 Å². The highest BCUT2D eigenvalue weighted by atomic mass is 35.5. The topological polar surface area (TPSA) is 188 Å². The van der Waals surface area contributed by atoms with Crippen LogP contribution in [0.4, 0.5) is 9.59 Å². The Morgan fingerprint density at radius 3 is 1.96 bits per heavy atom. The molecule has 12 nitrogen and oxygen atoms in total. The Kier molecular flexibility index (Phi) is 15.5. The zero-order valence-electron chi connectivity index (χ0n) is 14.9. The predicted molar refractivity (Wildman–Crippen MR) is 93.6 cm³/mol. The number of carboxylic acid groups (broad SMARTS) is 1. The van der Waals surface area contributed by atoms with Gasteiger partial charge < -0.3 is 30.4 Å². The molecular formula is C14H20Cl2N2O10. The standard InChI is InChI=1S/C7H9NO5.C6H11NO4.CCl2O/c1-12-5(9)3-2-4-6(10)13-7(11)8-4;1-11-5(8)3-2-4(7)6(9)10;2-1(3)4/h4H,2-3H2,1H3,(H,8,11);4H,2-3,7H2,1H3,(H,9,10);/t2*4-;/m00./s1. The molecule has 1 aliphatic heterocycles. The molecule has 14 heteroatoms. The molecular weight excluding hydrogens is 427 g/mol. The monoisotopic (exact) mass is 446 g/mol. The normalized spacial score (nSPS) is 15.4. The Labute approximate surface area is 169 Å². The number of halogens is 2. The van der Waals surface area contributed by atoms with E-state index in [1.807, 2.05) is 0 Å². The van der Waals surface area contributed by atoms with Gasteiger partial charge in [-0.1, -0.05) is 0 Å². The number of hydrogen-bond donors (Lipinski definition) is 3. The van der Waals surface area contributed by atoms with Crippen LogP contribution in [0, 0.1) is 0 Å². The maximum absolute atomic E-state index is 10.8. The lowest BCUT2D eigenvalue weighted by molar-refractivity contribution is -0.143. The van der Waals surface area contributed by atoms with Gasteiger partial charge in [0.05, 0.1) is 14.2 Å². The minimum absolute atomic E-state index is 0.0456. The van der Waals surface area contributed by atoms with E-state index in [2.05, 4.69) is 42.7 Å². The number of esters is 3. The minimum atomic E-state index is -1.10. The molecule has 1 amide bonds. The van der Waals surface area contributed by atoms with Crippen molar-refractivity contribution >= 4 is 57.9 Å². The van der Waals surface area contributed by atoms with Gasteiger partial charge in [-0.2, -0.15) is 0 Å². The smallest absolute Gasteiger partial charge is 0.415 e. The van der Waals surface area contributed by atoms with Gasteiger partial charge in [-0.15, -0.1) is 0 Å². The molecule has 0 saturated carbocycles. The minimum Gasteiger partial charge on any atom is -0.480 e. The summed E-state index contributed by atoms with van der Waals surface area (Å²) in [4.78, 5) is 61.6. The van der Waals surface area contributed by atoms with Gasteiger partial charge >= 0.3 is 34.7 Å². The summed E-state index contributed by atoms with van der Waals surface area (Å²) in [6, 6.07) is -1.69. The number of rotatable bonds is 7. The zero-order valence-corrected chi connectivity index (χ0v) is 16.4. The zero-order chi connectivity index (χ0) is 22.3. The molecule has 0 bridgehead atoms. The Morgan fingerprint density at radius 2 is 1.61 bits per heavy atom. The summed E-state index contributed by atoms with van der Waals surface area (Å²) in [5.41, 5.74) is 5.11. The summed E-state index contributed by atoms with van der Waals surface area (Å²) >= 11 is 8.80. The number of carbonyl (C=O) groups excluding carboxylic acids is 5. The van der Waals surface area contributed by atoms with Crippen LogP contribution < -0.4 is 11.1 Å². The SMILES string of the molecule is COC(=O)CC[C@@H]1NC(=O)OC1=O.COC(=O)CC[C@H](N)C(=O)O.O=C(Cl)Cl. The Balaban J connectivity index is 0. The molecule has 1 rings (SSSR count). The fraction of sp³-hybridized carbons (Fsp3) is 0.571. The number of methoxy groups -OCH3 is 2. The van der Waals surface area contributed by atoms with Crippen LogP contribution >= 0.6 is 23.2 Å². The van der Waals surface area contributed by atoms with Crippen molar-refractivity contribution in [3.05, 3.63) is 0 Å². The molecule has 1 saturated heterocycles. The van der Waals surface area contributed by atoms with Crippen LogP contribution in [0.3, 0.4) is 0 Å². The molecule has 4 N–H and O–H groups in total. The highest BCUT2D eigenvalue weighted by Gasteiger charge is 2.32. The molecule has 1 heterocycles. The second kappa shape index (κ2) is 15.6. The molecule has 0 aromatic rings. The number of nitrogens with one attached hydrogen (secondary N) is 1. The Bertz CT molecular complexity index is 580. The third kappa shape index (κ3) is 15.8. The lowest BCUT2D eigenvalue weighted by atomic mass is 10.2. The van der Waals surface area contributed by atoms with Crippen LogP contribution in [0.25, 0.3) is 0 Å². The third-order valence-electron chi connectivity index (χ3n) is 2.84. The average Bonchev–Trinajstić information content (AvgIpc) is 2.94. The van der Waals surface area contributed by atoms with Crippen molar-refractivity contribution in [2.75, 3.05) is 14.2 Å². The molecule has 28 heavy (non-hydrogen) atoms. The van der Waals surface area contributed by atoms with Gasteiger partial charge in [-0.25, -0.2) is 9.59 Å². The maximum atomic E-state index is 10.8. The molecule has 160 valence electrons. The fourth-order valence-electron chi connectivity index (χ4n) is 1.45. The van der Waals surface area contributed by atoms with Gasteiger partial charge in [0.25, 0.3) is 0 Å². The molecule has 0 radical (unpaired) electrons. The van der Waals surface area contributed by atoms with Gasteiger partial charge in [-0.3, -0.25) is 19.2 Å². The Hall–Kier alpha value is -2.44. The first kappa shape index (κ1) is 27.8. The lowest BCUT2D eigenvalue weighted by Crippen LogP contribution is -2.30. The third-order valence-corrected chi connectivity index (χ3v) is 2.84. The average molecular weight is 447 g/mol. The summed E-state index contributed by atoms with van der Waals surface area (Å²) in [6.07, 6.45) is -0.320. The highest BCUT2D eigenvalue weighted by molar-refractivity contribution is 6.93. The predicted octanol–water partition coefficient (Wildman–Crippen LogP) is 0.510. The largest absolute Gasteiger partial charge is 0.480 e. The number of carbonyl (C=O) groups is 6. The van der Waals surface area contributed by atoms with Crippen LogP contribution in [0.2, 0.25) is 0 Å². The van der Waals surface area contributed by atoms with Crippen molar-refractivity contribution in [2.45, 2.75) is 37.8 Å². The van der Waals surface area contributed by atoms with E-state index in [9.17, 15) is 24.0 Å². The van der Waals surface area contributed by atoms with Crippen molar-refractivity contribution < 1.29 is 48.1 Å². The van der Waals surface area contributed by atoms with Crippen LogP contribution in [-0.2, 0) is 33.4 Å². The number of aliphatic carboxylic acids is 1. The van der Waals surface area contributed by atoms with E-state index in [0.29, 0.717) is 0 Å². The van der Waals surface area contributed by atoms with Gasteiger partial charge in [-0.05, 0) is 36.0 Å². The summed E-state index contributed by atoms with van der Waals surface area (Å²) < 4.78 is 12.0. The molecule has 1 aliphatic rings. The second-order valence-corrected chi connectivity index (χ2v) is 5.69. The van der Waals surface area contributed by atoms with Crippen molar-refractivity contribution in [1.82, 2.24) is 5.32 Å². The van der Waals surface area contributed by atoms with E-state index >= 15 is 0 Å². The summed E-state index contributed by atoms with van der Waals surface area (Å²) in [6.45, 7) is 0. The van der Waals surface area contributed by atoms with Crippen LogP contribution in [0.5, 0.6) is 0 Å². The van der Waals surface area contributed by atoms with Gasteiger partial charge in [0.2, 0.25) is 0 Å². The molecule has 0 aromatic heterocycles. The summed E-state index contributed by atoms with van der Waals surface area (Å²) in [5.74, 6) is -2.61. The Morgan fingerprint density at radius 1 is 1.14 bits per heavy atom. The fourth-order valence-corrected chi connectivity index (χ4v) is 1.45. The van der Waals surface area contributed by atoms with E-state index in [1.165, 1.54) is 14.2 Å². The summed E-state index contributed by atoms with van der Waals surface area (Å²) in [5, 5.41) is 10.6. The first-order valence-electron chi connectivity index (χ1n) is 7.43. The molecule has 2 atom stereocenters. The van der Waals surface area contributed by atoms with E-state index in [4.69, 9.17) is 15.6 Å². The number of cyclic esters (lactones) is 2. The molecule has 0 aromatic carbocycles. The number of ether oxygens (including phenoxy) is 3. The van der Waals surface area contributed by atoms with Crippen molar-refractivity contribution in [1.29, 1.82) is 0 Å². The van der Waals surface area contributed by atoms with E-state index in [0.717, 1.165) is 0 Å². The highest BCUT2D eigenvalue weighted by Crippen LogP contribution is 2.07. The second-order valence-electron chi connectivity index (χ2n) is 4.81. The number of amides is 1. The van der Waals surface area contributed by atoms with E-state index in [1.54, 1.807) is 0 Å². The van der Waals surface area contributed by atoms with Gasteiger partial charge in [0.1, 0.15) is 12.1 Å². The lowest BCUT2D eigenvalue weighted by Gasteiger charge is -2.03. The molecule has 1 fully saturated rings. The number of nitrogens with two attached hydrogens (primary N) is 1. The first-order valence-corrected chi connectivity index (χ1v) is 8.19. The molecule has 0 spiro atoms. The van der Waals surface area contributed by atoms with Gasteiger partial charge in [0, 0.05) is 12.8 Å².